The quantitative estimate of drug-likeness (QED) is 0.655. The Labute approximate surface area is 159 Å². The molecule has 146 valence electrons. The molecular formula is C19H27N5O3. The zero-order chi connectivity index (χ0) is 19.4. The lowest BCUT2D eigenvalue weighted by Gasteiger charge is -2.36. The number of rotatable bonds is 3. The third-order valence-electron chi connectivity index (χ3n) is 4.50. The molecule has 0 saturated carbocycles. The van der Waals surface area contributed by atoms with Crippen LogP contribution in [-0.2, 0) is 12.0 Å². The number of piperazine rings is 1. The fourth-order valence-electron chi connectivity index (χ4n) is 2.90. The van der Waals surface area contributed by atoms with E-state index >= 15 is 0 Å². The van der Waals surface area contributed by atoms with Gasteiger partial charge in [-0.05, 0) is 12.1 Å². The number of oxazole rings is 1. The Morgan fingerprint density at radius 2 is 1.96 bits per heavy atom. The molecule has 0 atom stereocenters. The van der Waals surface area contributed by atoms with Crippen molar-refractivity contribution in [2.24, 2.45) is 4.99 Å². The summed E-state index contributed by atoms with van der Waals surface area (Å²) in [5, 5.41) is 3.29. The monoisotopic (exact) mass is 373 g/mol. The van der Waals surface area contributed by atoms with Crippen molar-refractivity contribution in [1.82, 2.24) is 20.1 Å². The van der Waals surface area contributed by atoms with Gasteiger partial charge in [0, 0.05) is 38.6 Å². The molecule has 2 aromatic rings. The average Bonchev–Trinajstić information content (AvgIpc) is 3.34. The minimum Gasteiger partial charge on any atom is -0.459 e. The molecule has 0 spiro atoms. The van der Waals surface area contributed by atoms with Crippen molar-refractivity contribution < 1.29 is 13.6 Å². The number of hydrogen-bond acceptors (Lipinski definition) is 5. The van der Waals surface area contributed by atoms with Gasteiger partial charge in [0.2, 0.25) is 5.89 Å². The second kappa shape index (κ2) is 7.85. The first-order chi connectivity index (χ1) is 12.9. The molecule has 1 aliphatic rings. The van der Waals surface area contributed by atoms with Gasteiger partial charge in [-0.15, -0.1) is 0 Å². The lowest BCUT2D eigenvalue weighted by Crippen LogP contribution is -2.53. The van der Waals surface area contributed by atoms with Crippen LogP contribution in [0.15, 0.2) is 38.4 Å². The molecule has 0 bridgehead atoms. The van der Waals surface area contributed by atoms with Crippen molar-refractivity contribution in [1.29, 1.82) is 0 Å². The Morgan fingerprint density at radius 1 is 1.26 bits per heavy atom. The van der Waals surface area contributed by atoms with Crippen molar-refractivity contribution in [2.75, 3.05) is 33.2 Å². The molecule has 8 heteroatoms. The normalized spacial score (nSPS) is 15.9. The molecule has 0 aromatic carbocycles. The average molecular weight is 373 g/mol. The van der Waals surface area contributed by atoms with Crippen LogP contribution >= 0.6 is 0 Å². The number of guanidine groups is 1. The zero-order valence-electron chi connectivity index (χ0n) is 16.4. The van der Waals surface area contributed by atoms with Gasteiger partial charge < -0.3 is 24.0 Å². The molecule has 0 unspecified atom stereocenters. The third kappa shape index (κ3) is 4.50. The van der Waals surface area contributed by atoms with Crippen LogP contribution in [0.1, 0.15) is 43.0 Å². The molecule has 8 nitrogen and oxygen atoms in total. The maximum atomic E-state index is 12.3. The summed E-state index contributed by atoms with van der Waals surface area (Å²) in [4.78, 5) is 24.9. The predicted octanol–water partition coefficient (Wildman–Crippen LogP) is 2.10. The summed E-state index contributed by atoms with van der Waals surface area (Å²) >= 11 is 0. The van der Waals surface area contributed by atoms with E-state index in [9.17, 15) is 4.79 Å². The molecule has 1 saturated heterocycles. The highest BCUT2D eigenvalue weighted by molar-refractivity contribution is 5.91. The van der Waals surface area contributed by atoms with E-state index in [1.54, 1.807) is 30.3 Å². The topological polar surface area (TPSA) is 87.1 Å². The highest BCUT2D eigenvalue weighted by atomic mass is 16.4. The van der Waals surface area contributed by atoms with Crippen molar-refractivity contribution >= 4 is 11.9 Å². The van der Waals surface area contributed by atoms with Gasteiger partial charge in [-0.3, -0.25) is 9.79 Å². The molecule has 3 heterocycles. The molecule has 0 radical (unpaired) electrons. The Bertz CT molecular complexity index is 781. The predicted molar refractivity (Wildman–Crippen MR) is 102 cm³/mol. The maximum Gasteiger partial charge on any atom is 0.289 e. The number of nitrogens with one attached hydrogen (secondary N) is 1. The van der Waals surface area contributed by atoms with Crippen molar-refractivity contribution in [3.63, 3.8) is 0 Å². The molecule has 1 fully saturated rings. The van der Waals surface area contributed by atoms with Gasteiger partial charge in [-0.25, -0.2) is 4.98 Å². The van der Waals surface area contributed by atoms with Crippen LogP contribution in [-0.4, -0.2) is 59.9 Å². The maximum absolute atomic E-state index is 12.3. The van der Waals surface area contributed by atoms with Crippen molar-refractivity contribution in [3.8, 4) is 0 Å². The first-order valence-electron chi connectivity index (χ1n) is 9.12. The summed E-state index contributed by atoms with van der Waals surface area (Å²) < 4.78 is 11.0. The summed E-state index contributed by atoms with van der Waals surface area (Å²) in [6.07, 6.45) is 3.29. The van der Waals surface area contributed by atoms with E-state index in [1.807, 2.05) is 0 Å². The summed E-state index contributed by atoms with van der Waals surface area (Å²) in [5.74, 6) is 2.57. The van der Waals surface area contributed by atoms with Gasteiger partial charge in [0.15, 0.2) is 11.7 Å². The molecule has 1 aliphatic heterocycles. The lowest BCUT2D eigenvalue weighted by molar-refractivity contribution is 0.0657. The summed E-state index contributed by atoms with van der Waals surface area (Å²) in [7, 11) is 1.75. The number of carbonyl (C=O) groups is 1. The van der Waals surface area contributed by atoms with Gasteiger partial charge in [-0.1, -0.05) is 20.8 Å². The smallest absolute Gasteiger partial charge is 0.289 e. The van der Waals surface area contributed by atoms with Gasteiger partial charge >= 0.3 is 0 Å². The van der Waals surface area contributed by atoms with Gasteiger partial charge in [0.1, 0.15) is 5.76 Å². The summed E-state index contributed by atoms with van der Waals surface area (Å²) in [6.45, 7) is 9.37. The standard InChI is InChI=1S/C19H27N5O3/c1-19(2,3)15-12-21-16(27-15)13-22-18(20-4)24-9-7-23(8-10-24)17(25)14-6-5-11-26-14/h5-6,11-12H,7-10,13H2,1-4H3,(H,20,22). The molecule has 1 amide bonds. The van der Waals surface area contributed by atoms with E-state index < -0.39 is 0 Å². The Morgan fingerprint density at radius 3 is 2.52 bits per heavy atom. The van der Waals surface area contributed by atoms with E-state index in [2.05, 4.69) is 41.0 Å². The largest absolute Gasteiger partial charge is 0.459 e. The molecular weight excluding hydrogens is 346 g/mol. The highest BCUT2D eigenvalue weighted by Gasteiger charge is 2.25. The second-order valence-electron chi connectivity index (χ2n) is 7.53. The minimum atomic E-state index is -0.0721. The van der Waals surface area contributed by atoms with E-state index in [0.717, 1.165) is 11.7 Å². The number of furan rings is 1. The number of aliphatic imine (C=N–C) groups is 1. The van der Waals surface area contributed by atoms with Crippen molar-refractivity contribution in [2.45, 2.75) is 32.7 Å². The first kappa shape index (κ1) is 19.0. The molecule has 3 rings (SSSR count). The summed E-state index contributed by atoms with van der Waals surface area (Å²) in [5.41, 5.74) is -0.0657. The van der Waals surface area contributed by atoms with Gasteiger partial charge in [-0.2, -0.15) is 0 Å². The van der Waals surface area contributed by atoms with E-state index in [-0.39, 0.29) is 11.3 Å². The van der Waals surface area contributed by atoms with Gasteiger partial charge in [0.25, 0.3) is 5.91 Å². The van der Waals surface area contributed by atoms with Gasteiger partial charge in [0.05, 0.1) is 19.0 Å². The number of carbonyl (C=O) groups excluding carboxylic acids is 1. The Kier molecular flexibility index (Phi) is 5.53. The van der Waals surface area contributed by atoms with Crippen LogP contribution in [0.2, 0.25) is 0 Å². The minimum absolute atomic E-state index is 0.0657. The highest BCUT2D eigenvalue weighted by Crippen LogP contribution is 2.22. The van der Waals surface area contributed by atoms with E-state index in [0.29, 0.717) is 44.4 Å². The van der Waals surface area contributed by atoms with E-state index in [4.69, 9.17) is 8.83 Å². The van der Waals surface area contributed by atoms with Crippen molar-refractivity contribution in [3.05, 3.63) is 42.0 Å². The number of aromatic nitrogens is 1. The Balaban J connectivity index is 1.52. The fourth-order valence-corrected chi connectivity index (χ4v) is 2.90. The fraction of sp³-hybridized carbons (Fsp3) is 0.526. The van der Waals surface area contributed by atoms with Crippen LogP contribution in [0, 0.1) is 0 Å². The number of hydrogen-bond donors (Lipinski definition) is 1. The van der Waals surface area contributed by atoms with E-state index in [1.165, 1.54) is 6.26 Å². The van der Waals surface area contributed by atoms with Crippen LogP contribution < -0.4 is 5.32 Å². The molecule has 2 aromatic heterocycles. The first-order valence-corrected chi connectivity index (χ1v) is 9.12. The summed E-state index contributed by atoms with van der Waals surface area (Å²) in [6, 6.07) is 3.42. The SMILES string of the molecule is CN=C(NCc1ncc(C(C)(C)C)o1)N1CCN(C(=O)c2ccco2)CC1. The van der Waals surface area contributed by atoms with Crippen LogP contribution in [0.3, 0.4) is 0 Å². The van der Waals surface area contributed by atoms with Crippen LogP contribution in [0.4, 0.5) is 0 Å². The number of nitrogens with zero attached hydrogens (tertiary/aromatic N) is 4. The third-order valence-corrected chi connectivity index (χ3v) is 4.50. The zero-order valence-corrected chi connectivity index (χ0v) is 16.4. The molecule has 0 aliphatic carbocycles. The van der Waals surface area contributed by atoms with Crippen LogP contribution in [0.25, 0.3) is 0 Å². The lowest BCUT2D eigenvalue weighted by atomic mass is 9.94. The molecule has 27 heavy (non-hydrogen) atoms. The second-order valence-corrected chi connectivity index (χ2v) is 7.53. The Hall–Kier alpha value is -2.77. The number of amides is 1. The van der Waals surface area contributed by atoms with Crippen LogP contribution in [0.5, 0.6) is 0 Å². The molecule has 1 N–H and O–H groups in total.